The summed E-state index contributed by atoms with van der Waals surface area (Å²) >= 11 is 0. The number of aliphatic hydroxyl groups excluding tert-OH is 1. The molecule has 0 fully saturated rings. The average molecular weight is 186 g/mol. The zero-order chi connectivity index (χ0) is 10.4. The van der Waals surface area contributed by atoms with Gasteiger partial charge in [-0.25, -0.2) is 0 Å². The molecule has 0 saturated carbocycles. The van der Waals surface area contributed by atoms with Crippen LogP contribution in [-0.2, 0) is 4.79 Å². The van der Waals surface area contributed by atoms with E-state index in [1.807, 2.05) is 19.9 Å². The summed E-state index contributed by atoms with van der Waals surface area (Å²) in [6.45, 7) is 5.65. The number of aliphatic carboxylic acids is 1. The lowest BCUT2D eigenvalue weighted by molar-refractivity contribution is -0.138. The fourth-order valence-corrected chi connectivity index (χ4v) is 1.00. The van der Waals surface area contributed by atoms with Crippen LogP contribution < -0.4 is 0 Å². The highest BCUT2D eigenvalue weighted by molar-refractivity contribution is 5.67. The van der Waals surface area contributed by atoms with Crippen LogP contribution in [0.1, 0.15) is 33.6 Å². The van der Waals surface area contributed by atoms with Gasteiger partial charge in [-0.05, 0) is 26.2 Å². The summed E-state index contributed by atoms with van der Waals surface area (Å²) in [6.07, 6.45) is 1.93. The normalized spacial score (nSPS) is 14.8. The third-order valence-electron chi connectivity index (χ3n) is 1.92. The number of carboxylic acids is 1. The fraction of sp³-hybridized carbons (Fsp3) is 0.700. The highest BCUT2D eigenvalue weighted by Gasteiger charge is 2.15. The van der Waals surface area contributed by atoms with E-state index >= 15 is 0 Å². The number of aliphatic hydroxyl groups is 1. The summed E-state index contributed by atoms with van der Waals surface area (Å²) < 4.78 is 0. The predicted octanol–water partition coefficient (Wildman–Crippen LogP) is 1.81. The maximum absolute atomic E-state index is 10.3. The van der Waals surface area contributed by atoms with E-state index in [1.54, 1.807) is 6.92 Å². The van der Waals surface area contributed by atoms with Crippen LogP contribution in [0.25, 0.3) is 0 Å². The molecule has 76 valence electrons. The molecule has 3 nitrogen and oxygen atoms in total. The maximum atomic E-state index is 10.3. The Hall–Kier alpha value is -0.830. The first-order valence-electron chi connectivity index (χ1n) is 4.46. The Labute approximate surface area is 79.1 Å². The molecule has 0 bridgehead atoms. The lowest BCUT2D eigenvalue weighted by Crippen LogP contribution is -2.19. The van der Waals surface area contributed by atoms with Gasteiger partial charge in [-0.15, -0.1) is 0 Å². The van der Waals surface area contributed by atoms with Crippen molar-refractivity contribution in [1.29, 1.82) is 0 Å². The molecule has 0 radical (unpaired) electrons. The highest BCUT2D eigenvalue weighted by atomic mass is 16.4. The van der Waals surface area contributed by atoms with Crippen LogP contribution in [0.15, 0.2) is 11.6 Å². The van der Waals surface area contributed by atoms with Gasteiger partial charge in [0.05, 0.1) is 12.5 Å². The van der Waals surface area contributed by atoms with Crippen molar-refractivity contribution in [3.05, 3.63) is 11.6 Å². The first kappa shape index (κ1) is 12.2. The number of carboxylic acid groups (broad SMARTS) is 1. The molecular weight excluding hydrogens is 168 g/mol. The van der Waals surface area contributed by atoms with E-state index in [0.29, 0.717) is 6.42 Å². The van der Waals surface area contributed by atoms with Gasteiger partial charge < -0.3 is 10.2 Å². The Morgan fingerprint density at radius 1 is 1.46 bits per heavy atom. The molecular formula is C10H18O3. The van der Waals surface area contributed by atoms with Crippen molar-refractivity contribution in [3.8, 4) is 0 Å². The fourth-order valence-electron chi connectivity index (χ4n) is 1.00. The van der Waals surface area contributed by atoms with Crippen LogP contribution in [0.2, 0.25) is 0 Å². The number of hydrogen-bond acceptors (Lipinski definition) is 2. The van der Waals surface area contributed by atoms with Crippen LogP contribution in [0, 0.1) is 5.92 Å². The van der Waals surface area contributed by atoms with Gasteiger partial charge >= 0.3 is 5.97 Å². The second kappa shape index (κ2) is 5.75. The largest absolute Gasteiger partial charge is 0.481 e. The minimum atomic E-state index is -0.858. The minimum absolute atomic E-state index is 0.0256. The van der Waals surface area contributed by atoms with E-state index in [2.05, 4.69) is 0 Å². The lowest BCUT2D eigenvalue weighted by Gasteiger charge is -2.15. The third kappa shape index (κ3) is 6.34. The Morgan fingerprint density at radius 3 is 2.38 bits per heavy atom. The Kier molecular flexibility index (Phi) is 5.39. The highest BCUT2D eigenvalue weighted by Crippen LogP contribution is 2.12. The number of rotatable bonds is 5. The zero-order valence-electron chi connectivity index (χ0n) is 8.45. The second-order valence-electron chi connectivity index (χ2n) is 3.66. The van der Waals surface area contributed by atoms with E-state index in [1.165, 1.54) is 0 Å². The van der Waals surface area contributed by atoms with Gasteiger partial charge in [0.15, 0.2) is 0 Å². The number of carbonyl (C=O) groups is 1. The van der Waals surface area contributed by atoms with Crippen molar-refractivity contribution < 1.29 is 15.0 Å². The Bertz CT molecular complexity index is 192. The van der Waals surface area contributed by atoms with E-state index < -0.39 is 12.1 Å². The summed E-state index contributed by atoms with van der Waals surface area (Å²) in [5.41, 5.74) is 1.14. The molecule has 0 aliphatic rings. The van der Waals surface area contributed by atoms with Gasteiger partial charge in [-0.3, -0.25) is 4.79 Å². The van der Waals surface area contributed by atoms with E-state index in [0.717, 1.165) is 5.57 Å². The first-order valence-corrected chi connectivity index (χ1v) is 4.46. The molecule has 0 heterocycles. The Morgan fingerprint density at radius 2 is 2.00 bits per heavy atom. The van der Waals surface area contributed by atoms with Crippen molar-refractivity contribution in [2.24, 2.45) is 5.92 Å². The molecule has 0 aromatic rings. The molecule has 0 aliphatic heterocycles. The van der Waals surface area contributed by atoms with Gasteiger partial charge in [-0.1, -0.05) is 18.6 Å². The summed E-state index contributed by atoms with van der Waals surface area (Å²) in [5, 5.41) is 18.0. The smallest absolute Gasteiger partial charge is 0.303 e. The van der Waals surface area contributed by atoms with Crippen molar-refractivity contribution in [2.75, 3.05) is 0 Å². The first-order chi connectivity index (χ1) is 5.93. The van der Waals surface area contributed by atoms with Crippen LogP contribution in [0.4, 0.5) is 0 Å². The molecule has 2 N–H and O–H groups in total. The van der Waals surface area contributed by atoms with Gasteiger partial charge in [0.1, 0.15) is 0 Å². The van der Waals surface area contributed by atoms with E-state index in [-0.39, 0.29) is 12.3 Å². The molecule has 0 aromatic heterocycles. The molecule has 2 atom stereocenters. The molecule has 0 aliphatic carbocycles. The van der Waals surface area contributed by atoms with Crippen molar-refractivity contribution >= 4 is 5.97 Å². The van der Waals surface area contributed by atoms with Gasteiger partial charge in [-0.2, -0.15) is 0 Å². The molecule has 0 rings (SSSR count). The molecule has 0 spiro atoms. The quantitative estimate of drug-likeness (QED) is 0.644. The SMILES string of the molecule is CC(C)=CC[C@@H](O)[C@H](C)CC(=O)O. The predicted molar refractivity (Wildman–Crippen MR) is 51.5 cm³/mol. The lowest BCUT2D eigenvalue weighted by atomic mass is 9.98. The van der Waals surface area contributed by atoms with Crippen LogP contribution in [0.3, 0.4) is 0 Å². The van der Waals surface area contributed by atoms with Crippen molar-refractivity contribution in [1.82, 2.24) is 0 Å². The van der Waals surface area contributed by atoms with Gasteiger partial charge in [0, 0.05) is 0 Å². The molecule has 0 amide bonds. The molecule has 3 heteroatoms. The summed E-state index contributed by atoms with van der Waals surface area (Å²) in [6, 6.07) is 0. The van der Waals surface area contributed by atoms with Gasteiger partial charge in [0.2, 0.25) is 0 Å². The third-order valence-corrected chi connectivity index (χ3v) is 1.92. The molecule has 0 aromatic carbocycles. The second-order valence-corrected chi connectivity index (χ2v) is 3.66. The van der Waals surface area contributed by atoms with Gasteiger partial charge in [0.25, 0.3) is 0 Å². The zero-order valence-corrected chi connectivity index (χ0v) is 8.45. The Balaban J connectivity index is 3.89. The maximum Gasteiger partial charge on any atom is 0.303 e. The van der Waals surface area contributed by atoms with Crippen molar-refractivity contribution in [3.63, 3.8) is 0 Å². The van der Waals surface area contributed by atoms with E-state index in [4.69, 9.17) is 5.11 Å². The average Bonchev–Trinajstić information content (AvgIpc) is 1.98. The summed E-state index contributed by atoms with van der Waals surface area (Å²) in [5.74, 6) is -1.04. The minimum Gasteiger partial charge on any atom is -0.481 e. The topological polar surface area (TPSA) is 57.5 Å². The van der Waals surface area contributed by atoms with Crippen molar-refractivity contribution in [2.45, 2.75) is 39.7 Å². The number of allylic oxidation sites excluding steroid dienone is 1. The standard InChI is InChI=1S/C10H18O3/c1-7(2)4-5-9(11)8(3)6-10(12)13/h4,8-9,11H,5-6H2,1-3H3,(H,12,13)/t8-,9-/m1/s1. The molecule has 0 unspecified atom stereocenters. The number of hydrogen-bond donors (Lipinski definition) is 2. The molecule has 0 saturated heterocycles. The summed E-state index contributed by atoms with van der Waals surface area (Å²) in [7, 11) is 0. The van der Waals surface area contributed by atoms with Crippen LogP contribution in [-0.4, -0.2) is 22.3 Å². The van der Waals surface area contributed by atoms with Crippen LogP contribution >= 0.6 is 0 Å². The molecule has 13 heavy (non-hydrogen) atoms. The van der Waals surface area contributed by atoms with Crippen LogP contribution in [0.5, 0.6) is 0 Å². The van der Waals surface area contributed by atoms with E-state index in [9.17, 15) is 9.90 Å². The monoisotopic (exact) mass is 186 g/mol. The summed E-state index contributed by atoms with van der Waals surface area (Å²) in [4.78, 5) is 10.3.